The summed E-state index contributed by atoms with van der Waals surface area (Å²) in [5.41, 5.74) is 0.892. The van der Waals surface area contributed by atoms with Gasteiger partial charge in [-0.1, -0.05) is 12.1 Å². The van der Waals surface area contributed by atoms with E-state index in [1.807, 2.05) is 36.4 Å². The lowest BCUT2D eigenvalue weighted by Gasteiger charge is -2.06. The predicted octanol–water partition coefficient (Wildman–Crippen LogP) is 2.87. The van der Waals surface area contributed by atoms with E-state index >= 15 is 0 Å². The van der Waals surface area contributed by atoms with E-state index in [9.17, 15) is 4.79 Å². The molecule has 0 saturated carbocycles. The van der Waals surface area contributed by atoms with Crippen molar-refractivity contribution in [2.24, 2.45) is 0 Å². The van der Waals surface area contributed by atoms with Crippen LogP contribution in [-0.2, 0) is 17.8 Å². The van der Waals surface area contributed by atoms with Gasteiger partial charge in [-0.15, -0.1) is 10.2 Å². The fraction of sp³-hybridized carbons (Fsp3) is 0.167. The molecule has 2 aromatic heterocycles. The number of amides is 1. The first-order valence-corrected chi connectivity index (χ1v) is 7.76. The van der Waals surface area contributed by atoms with Crippen molar-refractivity contribution in [2.75, 3.05) is 17.7 Å². The lowest BCUT2D eigenvalue weighted by Crippen LogP contribution is -2.15. The highest BCUT2D eigenvalue weighted by molar-refractivity contribution is 5.91. The second kappa shape index (κ2) is 7.96. The van der Waals surface area contributed by atoms with Crippen molar-refractivity contribution < 1.29 is 13.9 Å². The molecule has 0 aliphatic carbocycles. The summed E-state index contributed by atoms with van der Waals surface area (Å²) in [6, 6.07) is 14.5. The molecule has 7 heteroatoms. The molecule has 0 aliphatic rings. The van der Waals surface area contributed by atoms with Crippen LogP contribution in [0.3, 0.4) is 0 Å². The first-order valence-electron chi connectivity index (χ1n) is 7.76. The Bertz CT molecular complexity index is 799. The Morgan fingerprint density at radius 3 is 2.48 bits per heavy atom. The first kappa shape index (κ1) is 16.5. The number of anilines is 2. The predicted molar refractivity (Wildman–Crippen MR) is 93.4 cm³/mol. The zero-order valence-electron chi connectivity index (χ0n) is 13.7. The van der Waals surface area contributed by atoms with E-state index in [2.05, 4.69) is 20.8 Å². The highest BCUT2D eigenvalue weighted by Crippen LogP contribution is 2.13. The Labute approximate surface area is 145 Å². The van der Waals surface area contributed by atoms with Crippen LogP contribution >= 0.6 is 0 Å². The van der Waals surface area contributed by atoms with Gasteiger partial charge in [-0.05, 0) is 42.0 Å². The third-order valence-electron chi connectivity index (χ3n) is 3.48. The van der Waals surface area contributed by atoms with E-state index < -0.39 is 0 Å². The minimum Gasteiger partial charge on any atom is -0.497 e. The molecule has 3 aromatic rings. The molecule has 2 heterocycles. The number of rotatable bonds is 7. The number of nitrogens with one attached hydrogen (secondary N) is 2. The molecule has 0 unspecified atom stereocenters. The number of carbonyl (C=O) groups is 1. The average molecular weight is 338 g/mol. The maximum atomic E-state index is 12.1. The van der Waals surface area contributed by atoms with Gasteiger partial charge in [0.1, 0.15) is 17.3 Å². The van der Waals surface area contributed by atoms with Gasteiger partial charge >= 0.3 is 0 Å². The molecule has 0 radical (unpaired) electrons. The van der Waals surface area contributed by atoms with Gasteiger partial charge in [0.05, 0.1) is 26.3 Å². The summed E-state index contributed by atoms with van der Waals surface area (Å²) in [5.74, 6) is 2.41. The van der Waals surface area contributed by atoms with Crippen molar-refractivity contribution in [3.8, 4) is 5.75 Å². The van der Waals surface area contributed by atoms with E-state index in [1.165, 1.54) is 0 Å². The summed E-state index contributed by atoms with van der Waals surface area (Å²) in [5, 5.41) is 13.8. The molecule has 0 saturated heterocycles. The van der Waals surface area contributed by atoms with Crippen molar-refractivity contribution in [3.05, 3.63) is 66.1 Å². The van der Waals surface area contributed by atoms with Gasteiger partial charge in [-0.25, -0.2) is 0 Å². The van der Waals surface area contributed by atoms with Crippen LogP contribution in [0.15, 0.2) is 59.2 Å². The van der Waals surface area contributed by atoms with Crippen molar-refractivity contribution in [1.82, 2.24) is 10.2 Å². The number of hydrogen-bond donors (Lipinski definition) is 2. The Hall–Kier alpha value is -3.35. The van der Waals surface area contributed by atoms with Gasteiger partial charge in [0.25, 0.3) is 0 Å². The number of aromatic nitrogens is 2. The van der Waals surface area contributed by atoms with Crippen molar-refractivity contribution in [2.45, 2.75) is 13.0 Å². The summed E-state index contributed by atoms with van der Waals surface area (Å²) in [7, 11) is 1.60. The van der Waals surface area contributed by atoms with Crippen molar-refractivity contribution >= 4 is 17.5 Å². The molecule has 0 spiro atoms. The number of carbonyl (C=O) groups excluding carboxylic acids is 1. The smallest absolute Gasteiger partial charge is 0.229 e. The monoisotopic (exact) mass is 338 g/mol. The molecule has 0 bridgehead atoms. The number of benzene rings is 1. The topological polar surface area (TPSA) is 89.3 Å². The average Bonchev–Trinajstić information content (AvgIpc) is 3.15. The van der Waals surface area contributed by atoms with Crippen LogP contribution in [0.5, 0.6) is 5.75 Å². The summed E-state index contributed by atoms with van der Waals surface area (Å²) >= 11 is 0. The van der Waals surface area contributed by atoms with Crippen LogP contribution in [-0.4, -0.2) is 23.2 Å². The Morgan fingerprint density at radius 1 is 1.08 bits per heavy atom. The second-order valence-corrected chi connectivity index (χ2v) is 5.31. The zero-order valence-corrected chi connectivity index (χ0v) is 13.7. The summed E-state index contributed by atoms with van der Waals surface area (Å²) in [6.07, 6.45) is 1.87. The van der Waals surface area contributed by atoms with E-state index in [4.69, 9.17) is 9.15 Å². The van der Waals surface area contributed by atoms with Crippen LogP contribution < -0.4 is 15.4 Å². The zero-order chi connectivity index (χ0) is 17.5. The van der Waals surface area contributed by atoms with Crippen LogP contribution in [0.1, 0.15) is 11.3 Å². The maximum Gasteiger partial charge on any atom is 0.229 e. The Kier molecular flexibility index (Phi) is 5.26. The quantitative estimate of drug-likeness (QED) is 0.688. The highest BCUT2D eigenvalue weighted by Gasteiger charge is 2.06. The standard InChI is InChI=1S/C18H18N4O3/c1-24-14-6-4-13(5-7-14)11-18(23)20-17-9-8-16(21-22-17)19-12-15-3-2-10-25-15/h2-10H,11-12H2,1H3,(H,19,21)(H,20,22,23). The lowest BCUT2D eigenvalue weighted by atomic mass is 10.1. The molecular formula is C18H18N4O3. The third kappa shape index (κ3) is 4.81. The van der Waals surface area contributed by atoms with Crippen LogP contribution in [0.2, 0.25) is 0 Å². The SMILES string of the molecule is COc1ccc(CC(=O)Nc2ccc(NCc3ccco3)nn2)cc1. The van der Waals surface area contributed by atoms with Crippen molar-refractivity contribution in [1.29, 1.82) is 0 Å². The number of ether oxygens (including phenoxy) is 1. The second-order valence-electron chi connectivity index (χ2n) is 5.31. The molecule has 0 fully saturated rings. The molecule has 0 aliphatic heterocycles. The highest BCUT2D eigenvalue weighted by atomic mass is 16.5. The number of methoxy groups -OCH3 is 1. The van der Waals surface area contributed by atoms with Gasteiger partial charge in [0, 0.05) is 0 Å². The molecule has 25 heavy (non-hydrogen) atoms. The van der Waals surface area contributed by atoms with Gasteiger partial charge in [0.15, 0.2) is 5.82 Å². The fourth-order valence-electron chi connectivity index (χ4n) is 2.20. The van der Waals surface area contributed by atoms with Crippen LogP contribution in [0.25, 0.3) is 0 Å². The summed E-state index contributed by atoms with van der Waals surface area (Å²) in [6.45, 7) is 0.519. The summed E-state index contributed by atoms with van der Waals surface area (Å²) in [4.78, 5) is 12.1. The fourth-order valence-corrected chi connectivity index (χ4v) is 2.20. The first-order chi connectivity index (χ1) is 12.2. The molecule has 128 valence electrons. The van der Waals surface area contributed by atoms with E-state index in [1.54, 1.807) is 25.5 Å². The summed E-state index contributed by atoms with van der Waals surface area (Å²) < 4.78 is 10.3. The molecule has 7 nitrogen and oxygen atoms in total. The normalized spacial score (nSPS) is 10.3. The molecule has 1 aromatic carbocycles. The third-order valence-corrected chi connectivity index (χ3v) is 3.48. The van der Waals surface area contributed by atoms with E-state index in [-0.39, 0.29) is 12.3 Å². The van der Waals surface area contributed by atoms with Crippen LogP contribution in [0.4, 0.5) is 11.6 Å². The Morgan fingerprint density at radius 2 is 1.84 bits per heavy atom. The molecule has 1 amide bonds. The van der Waals surface area contributed by atoms with Gasteiger partial charge in [-0.2, -0.15) is 0 Å². The number of hydrogen-bond acceptors (Lipinski definition) is 6. The molecule has 2 N–H and O–H groups in total. The van der Waals surface area contributed by atoms with Crippen molar-refractivity contribution in [3.63, 3.8) is 0 Å². The minimum atomic E-state index is -0.157. The van der Waals surface area contributed by atoms with E-state index in [0.29, 0.717) is 18.2 Å². The Balaban J connectivity index is 1.50. The van der Waals surface area contributed by atoms with Gasteiger partial charge < -0.3 is 19.8 Å². The minimum absolute atomic E-state index is 0.157. The van der Waals surface area contributed by atoms with Crippen LogP contribution in [0, 0.1) is 0 Å². The number of nitrogens with zero attached hydrogens (tertiary/aromatic N) is 2. The van der Waals surface area contributed by atoms with Gasteiger partial charge in [0.2, 0.25) is 5.91 Å². The van der Waals surface area contributed by atoms with Gasteiger partial charge in [-0.3, -0.25) is 4.79 Å². The molecule has 3 rings (SSSR count). The molecular weight excluding hydrogens is 320 g/mol. The number of furan rings is 1. The lowest BCUT2D eigenvalue weighted by molar-refractivity contribution is -0.115. The largest absolute Gasteiger partial charge is 0.497 e. The van der Waals surface area contributed by atoms with E-state index in [0.717, 1.165) is 17.1 Å². The molecule has 0 atom stereocenters. The maximum absolute atomic E-state index is 12.1.